The molecule has 1 aliphatic rings. The first kappa shape index (κ1) is 16.1. The number of benzene rings is 1. The Morgan fingerprint density at radius 1 is 1.08 bits per heavy atom. The average molecular weight is 350 g/mol. The van der Waals surface area contributed by atoms with Crippen molar-refractivity contribution in [1.82, 2.24) is 25.3 Å². The van der Waals surface area contributed by atoms with Crippen molar-refractivity contribution in [3.63, 3.8) is 0 Å². The van der Waals surface area contributed by atoms with Gasteiger partial charge in [-0.05, 0) is 55.2 Å². The molecule has 8 heteroatoms. The zero-order valence-corrected chi connectivity index (χ0v) is 14.0. The number of fused-ring (bicyclic) bond motifs is 1. The second-order valence-electron chi connectivity index (χ2n) is 6.15. The van der Waals surface area contributed by atoms with Crippen molar-refractivity contribution in [2.45, 2.75) is 25.3 Å². The fourth-order valence-electron chi connectivity index (χ4n) is 3.19. The number of aromatic nitrogens is 4. The first-order valence-electron chi connectivity index (χ1n) is 8.45. The second-order valence-corrected chi connectivity index (χ2v) is 6.15. The van der Waals surface area contributed by atoms with Gasteiger partial charge in [-0.1, -0.05) is 0 Å². The minimum Gasteiger partial charge on any atom is -0.365 e. The molecule has 1 unspecified atom stereocenters. The summed E-state index contributed by atoms with van der Waals surface area (Å²) in [5, 5.41) is 13.5. The topological polar surface area (TPSA) is 105 Å². The minimum atomic E-state index is -0.683. The largest absolute Gasteiger partial charge is 0.365 e. The van der Waals surface area contributed by atoms with Gasteiger partial charge in [0.15, 0.2) is 0 Å². The van der Waals surface area contributed by atoms with E-state index in [4.69, 9.17) is 0 Å². The summed E-state index contributed by atoms with van der Waals surface area (Å²) in [4.78, 5) is 29.1. The van der Waals surface area contributed by atoms with Gasteiger partial charge in [0.1, 0.15) is 0 Å². The Bertz CT molecular complexity index is 914. The number of rotatable bonds is 3. The molecule has 4 rings (SSSR count). The first-order valence-corrected chi connectivity index (χ1v) is 8.45. The summed E-state index contributed by atoms with van der Waals surface area (Å²) >= 11 is 0. The molecule has 0 spiro atoms. The smallest absolute Gasteiger partial charge is 0.313 e. The summed E-state index contributed by atoms with van der Waals surface area (Å²) in [5.41, 5.74) is 3.49. The zero-order chi connectivity index (χ0) is 17.9. The molecule has 2 amide bonds. The van der Waals surface area contributed by atoms with E-state index in [1.807, 2.05) is 12.3 Å². The molecule has 0 saturated carbocycles. The molecule has 0 radical (unpaired) electrons. The Morgan fingerprint density at radius 3 is 2.62 bits per heavy atom. The maximum absolute atomic E-state index is 12.2. The Morgan fingerprint density at radius 2 is 1.85 bits per heavy atom. The van der Waals surface area contributed by atoms with Gasteiger partial charge in [-0.3, -0.25) is 9.59 Å². The summed E-state index contributed by atoms with van der Waals surface area (Å²) < 4.78 is 0. The molecule has 0 saturated heterocycles. The van der Waals surface area contributed by atoms with E-state index in [9.17, 15) is 9.59 Å². The van der Waals surface area contributed by atoms with Gasteiger partial charge < -0.3 is 15.6 Å². The number of H-pyrrole nitrogens is 1. The van der Waals surface area contributed by atoms with Crippen LogP contribution in [0.3, 0.4) is 0 Å². The Labute approximate surface area is 149 Å². The van der Waals surface area contributed by atoms with E-state index in [2.05, 4.69) is 25.8 Å². The highest BCUT2D eigenvalue weighted by molar-refractivity contribution is 6.39. The van der Waals surface area contributed by atoms with Crippen molar-refractivity contribution in [2.75, 3.05) is 5.32 Å². The van der Waals surface area contributed by atoms with Gasteiger partial charge in [0, 0.05) is 17.6 Å². The molecule has 3 aromatic rings. The normalized spacial score (nSPS) is 15.9. The van der Waals surface area contributed by atoms with Crippen LogP contribution < -0.4 is 10.6 Å². The molecule has 2 heterocycles. The Balaban J connectivity index is 1.38. The molecule has 8 nitrogen and oxygen atoms in total. The SMILES string of the molecule is O=C(Nc1ccc(-n2nccn2)cc1)C(=O)NC1CCCc2[nH]ccc21. The van der Waals surface area contributed by atoms with Gasteiger partial charge in [0.2, 0.25) is 0 Å². The van der Waals surface area contributed by atoms with Crippen molar-refractivity contribution in [3.8, 4) is 5.69 Å². The Hall–Kier alpha value is -3.42. The van der Waals surface area contributed by atoms with Crippen LogP contribution in [-0.2, 0) is 16.0 Å². The molecule has 1 aromatic carbocycles. The van der Waals surface area contributed by atoms with Crippen molar-refractivity contribution in [1.29, 1.82) is 0 Å². The lowest BCUT2D eigenvalue weighted by atomic mass is 9.93. The van der Waals surface area contributed by atoms with Gasteiger partial charge in [-0.25, -0.2) is 0 Å². The highest BCUT2D eigenvalue weighted by atomic mass is 16.2. The first-order chi connectivity index (χ1) is 12.7. The molecule has 26 heavy (non-hydrogen) atoms. The van der Waals surface area contributed by atoms with E-state index < -0.39 is 11.8 Å². The highest BCUT2D eigenvalue weighted by Gasteiger charge is 2.25. The number of carbonyl (C=O) groups excluding carboxylic acids is 2. The van der Waals surface area contributed by atoms with Gasteiger partial charge in [0.25, 0.3) is 0 Å². The summed E-state index contributed by atoms with van der Waals surface area (Å²) in [6.07, 6.45) is 7.81. The summed E-state index contributed by atoms with van der Waals surface area (Å²) in [5.74, 6) is -1.32. The number of aromatic amines is 1. The van der Waals surface area contributed by atoms with Crippen LogP contribution >= 0.6 is 0 Å². The van der Waals surface area contributed by atoms with Gasteiger partial charge >= 0.3 is 11.8 Å². The van der Waals surface area contributed by atoms with Crippen LogP contribution in [0.4, 0.5) is 5.69 Å². The molecule has 0 aliphatic heterocycles. The number of hydrogen-bond donors (Lipinski definition) is 3. The summed E-state index contributed by atoms with van der Waals surface area (Å²) in [6, 6.07) is 8.76. The quantitative estimate of drug-likeness (QED) is 0.626. The molecule has 1 aliphatic carbocycles. The number of amides is 2. The van der Waals surface area contributed by atoms with Crippen LogP contribution in [0, 0.1) is 0 Å². The lowest BCUT2D eigenvalue weighted by Gasteiger charge is -2.23. The fourth-order valence-corrected chi connectivity index (χ4v) is 3.19. The molecular formula is C18H18N6O2. The van der Waals surface area contributed by atoms with Crippen LogP contribution in [0.25, 0.3) is 5.69 Å². The molecule has 2 aromatic heterocycles. The average Bonchev–Trinajstić information content (AvgIpc) is 3.34. The predicted molar refractivity (Wildman–Crippen MR) is 94.6 cm³/mol. The van der Waals surface area contributed by atoms with E-state index in [0.29, 0.717) is 5.69 Å². The summed E-state index contributed by atoms with van der Waals surface area (Å²) in [6.45, 7) is 0. The molecule has 0 bridgehead atoms. The van der Waals surface area contributed by atoms with Crippen molar-refractivity contribution >= 4 is 17.5 Å². The molecule has 0 fully saturated rings. The van der Waals surface area contributed by atoms with E-state index in [0.717, 1.165) is 36.2 Å². The van der Waals surface area contributed by atoms with E-state index in [1.165, 1.54) is 4.80 Å². The highest BCUT2D eigenvalue weighted by Crippen LogP contribution is 2.28. The van der Waals surface area contributed by atoms with E-state index >= 15 is 0 Å². The summed E-state index contributed by atoms with van der Waals surface area (Å²) in [7, 11) is 0. The zero-order valence-electron chi connectivity index (χ0n) is 14.0. The second kappa shape index (κ2) is 6.83. The van der Waals surface area contributed by atoms with Gasteiger partial charge in [-0.15, -0.1) is 0 Å². The van der Waals surface area contributed by atoms with Crippen LogP contribution in [0.15, 0.2) is 48.9 Å². The number of anilines is 1. The maximum Gasteiger partial charge on any atom is 0.313 e. The van der Waals surface area contributed by atoms with Gasteiger partial charge in [0.05, 0.1) is 24.1 Å². The lowest BCUT2D eigenvalue weighted by Crippen LogP contribution is -2.38. The third kappa shape index (κ3) is 3.21. The third-order valence-corrected chi connectivity index (χ3v) is 4.45. The van der Waals surface area contributed by atoms with Crippen LogP contribution in [0.2, 0.25) is 0 Å². The standard InChI is InChI=1S/C18H18N6O2/c25-17(18(26)23-16-3-1-2-15-14(16)8-9-19-15)22-12-4-6-13(7-5-12)24-20-10-11-21-24/h4-11,16,19H,1-3H2,(H,22,25)(H,23,26). The predicted octanol–water partition coefficient (Wildman–Crippen LogP) is 1.73. The molecule has 132 valence electrons. The van der Waals surface area contributed by atoms with E-state index in [-0.39, 0.29) is 6.04 Å². The Kier molecular flexibility index (Phi) is 4.22. The lowest BCUT2D eigenvalue weighted by molar-refractivity contribution is -0.136. The van der Waals surface area contributed by atoms with Crippen LogP contribution in [0.5, 0.6) is 0 Å². The number of nitrogens with zero attached hydrogens (tertiary/aromatic N) is 3. The van der Waals surface area contributed by atoms with Gasteiger partial charge in [-0.2, -0.15) is 15.0 Å². The third-order valence-electron chi connectivity index (χ3n) is 4.45. The molecule has 3 N–H and O–H groups in total. The fraction of sp³-hybridized carbons (Fsp3) is 0.222. The molecular weight excluding hydrogens is 332 g/mol. The van der Waals surface area contributed by atoms with Crippen LogP contribution in [-0.4, -0.2) is 31.8 Å². The van der Waals surface area contributed by atoms with Crippen LogP contribution in [0.1, 0.15) is 30.1 Å². The van der Waals surface area contributed by atoms with E-state index in [1.54, 1.807) is 36.7 Å². The van der Waals surface area contributed by atoms with Crippen molar-refractivity contribution in [3.05, 3.63) is 60.2 Å². The van der Waals surface area contributed by atoms with Crippen molar-refractivity contribution in [2.24, 2.45) is 0 Å². The number of aryl methyl sites for hydroxylation is 1. The van der Waals surface area contributed by atoms with Crippen molar-refractivity contribution < 1.29 is 9.59 Å². The monoisotopic (exact) mass is 350 g/mol. The maximum atomic E-state index is 12.2. The minimum absolute atomic E-state index is 0.128. The number of hydrogen-bond acceptors (Lipinski definition) is 4. The number of nitrogens with one attached hydrogen (secondary N) is 3. The number of carbonyl (C=O) groups is 2. The molecule has 1 atom stereocenters.